The third kappa shape index (κ3) is 10.2. The second kappa shape index (κ2) is 16.1. The van der Waals surface area contributed by atoms with Crippen LogP contribution in [0.25, 0.3) is 11.1 Å². The highest BCUT2D eigenvalue weighted by Crippen LogP contribution is 2.41. The van der Waals surface area contributed by atoms with Crippen molar-refractivity contribution in [1.29, 1.82) is 0 Å². The van der Waals surface area contributed by atoms with E-state index < -0.39 is 46.2 Å². The minimum atomic E-state index is -5.08. The monoisotopic (exact) mass is 752 g/mol. The molecule has 2 aromatic carbocycles. The van der Waals surface area contributed by atoms with Crippen LogP contribution in [0, 0.1) is 12.7 Å². The summed E-state index contributed by atoms with van der Waals surface area (Å²) >= 11 is 0. The minimum absolute atomic E-state index is 0.0146. The Labute approximate surface area is 303 Å². The lowest BCUT2D eigenvalue weighted by molar-refractivity contribution is -0.143. The van der Waals surface area contributed by atoms with E-state index >= 15 is 0 Å². The lowest BCUT2D eigenvalue weighted by Gasteiger charge is -2.32. The van der Waals surface area contributed by atoms with Gasteiger partial charge in [-0.15, -0.1) is 0 Å². The summed E-state index contributed by atoms with van der Waals surface area (Å²) in [5, 5.41) is 8.87. The van der Waals surface area contributed by atoms with E-state index in [0.29, 0.717) is 60.2 Å². The van der Waals surface area contributed by atoms with Crippen molar-refractivity contribution in [2.75, 3.05) is 43.0 Å². The molecular formula is C37H43F7N6O3. The molecule has 3 N–H and O–H groups in total. The molecule has 3 aromatic rings. The van der Waals surface area contributed by atoms with Crippen molar-refractivity contribution >= 4 is 29.2 Å². The number of halogens is 7. The zero-order valence-electron chi connectivity index (χ0n) is 30.2. The maximum Gasteiger partial charge on any atom is 0.416 e. The molecule has 0 saturated carbocycles. The van der Waals surface area contributed by atoms with Gasteiger partial charge in [0.25, 0.3) is 0 Å². The second-order valence-electron chi connectivity index (χ2n) is 13.8. The number of nitrogens with one attached hydrogen (secondary N) is 3. The number of hydrogen-bond donors (Lipinski definition) is 3. The van der Waals surface area contributed by atoms with Crippen molar-refractivity contribution in [2.45, 2.75) is 77.3 Å². The Morgan fingerprint density at radius 3 is 1.96 bits per heavy atom. The van der Waals surface area contributed by atoms with Crippen LogP contribution >= 0.6 is 0 Å². The Bertz CT molecular complexity index is 1790. The summed E-state index contributed by atoms with van der Waals surface area (Å²) in [7, 11) is 1.35. The molecule has 2 aliphatic heterocycles. The molecule has 3 heterocycles. The van der Waals surface area contributed by atoms with E-state index in [1.54, 1.807) is 19.9 Å². The largest absolute Gasteiger partial charge is 0.416 e. The number of benzene rings is 2. The quantitative estimate of drug-likeness (QED) is 0.242. The van der Waals surface area contributed by atoms with Crippen molar-refractivity contribution in [3.8, 4) is 11.1 Å². The van der Waals surface area contributed by atoms with Gasteiger partial charge in [0.15, 0.2) is 0 Å². The summed E-state index contributed by atoms with van der Waals surface area (Å²) < 4.78 is 95.5. The Morgan fingerprint density at radius 2 is 1.43 bits per heavy atom. The van der Waals surface area contributed by atoms with Crippen LogP contribution in [0.2, 0.25) is 0 Å². The third-order valence-corrected chi connectivity index (χ3v) is 9.24. The fourth-order valence-electron chi connectivity index (χ4n) is 6.43. The van der Waals surface area contributed by atoms with E-state index in [9.17, 15) is 45.1 Å². The number of rotatable bonds is 7. The summed E-state index contributed by atoms with van der Waals surface area (Å²) in [6.45, 7) is 10.1. The normalized spacial score (nSPS) is 17.6. The van der Waals surface area contributed by atoms with Crippen molar-refractivity contribution in [3.05, 3.63) is 76.7 Å². The molecule has 53 heavy (non-hydrogen) atoms. The van der Waals surface area contributed by atoms with Gasteiger partial charge in [0, 0.05) is 58.2 Å². The van der Waals surface area contributed by atoms with Crippen molar-refractivity contribution in [3.63, 3.8) is 0 Å². The van der Waals surface area contributed by atoms with Crippen LogP contribution in [-0.2, 0) is 32.2 Å². The van der Waals surface area contributed by atoms with Crippen LogP contribution < -0.4 is 25.8 Å². The van der Waals surface area contributed by atoms with Gasteiger partial charge in [-0.25, -0.2) is 9.37 Å². The van der Waals surface area contributed by atoms with Crippen LogP contribution in [0.3, 0.4) is 0 Å². The highest BCUT2D eigenvalue weighted by atomic mass is 19.4. The van der Waals surface area contributed by atoms with Gasteiger partial charge in [-0.3, -0.25) is 14.4 Å². The van der Waals surface area contributed by atoms with Gasteiger partial charge in [0.2, 0.25) is 17.7 Å². The number of nitrogens with zero attached hydrogens (tertiary/aromatic N) is 3. The van der Waals surface area contributed by atoms with Gasteiger partial charge in [0.1, 0.15) is 11.6 Å². The zero-order chi connectivity index (χ0) is 39.5. The first-order valence-electron chi connectivity index (χ1n) is 16.9. The molecule has 0 bridgehead atoms. The zero-order valence-corrected chi connectivity index (χ0v) is 30.2. The molecule has 0 aliphatic carbocycles. The number of aromatic nitrogens is 1. The fraction of sp³-hybridized carbons (Fsp3) is 0.459. The minimum Gasteiger partial charge on any atom is -0.354 e. The first-order chi connectivity index (χ1) is 24.6. The molecule has 3 amide bonds. The fourth-order valence-corrected chi connectivity index (χ4v) is 6.43. The van der Waals surface area contributed by atoms with E-state index in [1.165, 1.54) is 52.2 Å². The molecule has 0 unspecified atom stereocenters. The van der Waals surface area contributed by atoms with Crippen molar-refractivity contribution < 1.29 is 45.1 Å². The molecule has 288 valence electrons. The maximum absolute atomic E-state index is 14.0. The number of alkyl halides is 6. The summed E-state index contributed by atoms with van der Waals surface area (Å²) in [5.74, 6) is -0.881. The van der Waals surface area contributed by atoms with Gasteiger partial charge >= 0.3 is 12.4 Å². The lowest BCUT2D eigenvalue weighted by Crippen LogP contribution is -2.42. The standard InChI is InChI=1S/C31H31F7N4O2.C6H12N2O/c1-17-10-22(32)6-7-24(17)25-14-27(42-9-8-23(16-42)40-18(2)43)39-15-26(25)41(5)28(44)29(3,4)19-11-20(30(33,34)35)13-21(12-19)31(36,37)38;1-5(9)8-6-2-3-7-4-6/h6-7,10-15,23H,8-9,16H2,1-5H3,(H,40,43);6-7H,2-4H2,1H3,(H,8,9)/t23-;6-/m11/s1. The summed E-state index contributed by atoms with van der Waals surface area (Å²) in [4.78, 5) is 43.5. The first-order valence-corrected chi connectivity index (χ1v) is 16.9. The van der Waals surface area contributed by atoms with Crippen molar-refractivity contribution in [1.82, 2.24) is 20.9 Å². The highest BCUT2D eigenvalue weighted by molar-refractivity contribution is 6.03. The van der Waals surface area contributed by atoms with Gasteiger partial charge < -0.3 is 25.8 Å². The average Bonchev–Trinajstić information content (AvgIpc) is 3.75. The third-order valence-electron chi connectivity index (χ3n) is 9.24. The Kier molecular flexibility index (Phi) is 12.5. The highest BCUT2D eigenvalue weighted by Gasteiger charge is 2.41. The molecular weight excluding hydrogens is 709 g/mol. The molecule has 2 fully saturated rings. The van der Waals surface area contributed by atoms with Crippen LogP contribution in [0.1, 0.15) is 62.8 Å². The Morgan fingerprint density at radius 1 is 0.849 bits per heavy atom. The van der Waals surface area contributed by atoms with E-state index in [1.807, 2.05) is 4.90 Å². The summed E-state index contributed by atoms with van der Waals surface area (Å²) in [5.41, 5.74) is -3.65. The number of carbonyl (C=O) groups is 3. The molecule has 0 radical (unpaired) electrons. The molecule has 2 aliphatic rings. The van der Waals surface area contributed by atoms with E-state index in [2.05, 4.69) is 20.9 Å². The molecule has 0 spiro atoms. The average molecular weight is 753 g/mol. The summed E-state index contributed by atoms with van der Waals surface area (Å²) in [6.07, 6.45) is -7.04. The van der Waals surface area contributed by atoms with Crippen LogP contribution in [-0.4, -0.2) is 68.0 Å². The number of amides is 3. The molecule has 2 saturated heterocycles. The Balaban J connectivity index is 0.000000608. The maximum atomic E-state index is 14.0. The molecule has 1 aromatic heterocycles. The van der Waals surface area contributed by atoms with E-state index in [0.717, 1.165) is 24.4 Å². The number of likely N-dealkylation sites (N-methyl/N-ethyl adjacent to an activating group) is 1. The van der Waals surface area contributed by atoms with Gasteiger partial charge in [0.05, 0.1) is 28.4 Å². The van der Waals surface area contributed by atoms with Crippen LogP contribution in [0.4, 0.5) is 42.2 Å². The SMILES string of the molecule is CC(=O)N[C@@H]1CCN(c2cc(-c3ccc(F)cc3C)c(N(C)C(=O)C(C)(C)c3cc(C(F)(F)F)cc(C(F)(F)F)c3)cn2)C1.CC(=O)N[C@@H]1CCNC1. The van der Waals surface area contributed by atoms with Gasteiger partial charge in [-0.05, 0) is 93.2 Å². The summed E-state index contributed by atoms with van der Waals surface area (Å²) in [6, 6.07) is 7.12. The van der Waals surface area contributed by atoms with Crippen molar-refractivity contribution in [2.24, 2.45) is 0 Å². The van der Waals surface area contributed by atoms with Gasteiger partial charge in [-0.1, -0.05) is 6.07 Å². The molecule has 9 nitrogen and oxygen atoms in total. The van der Waals surface area contributed by atoms with Crippen LogP contribution in [0.5, 0.6) is 0 Å². The molecule has 2 atom stereocenters. The Hall–Kier alpha value is -4.73. The van der Waals surface area contributed by atoms with Crippen LogP contribution in [0.15, 0.2) is 48.7 Å². The lowest BCUT2D eigenvalue weighted by atomic mass is 9.81. The predicted octanol–water partition coefficient (Wildman–Crippen LogP) is 6.37. The number of carbonyl (C=O) groups excluding carboxylic acids is 3. The van der Waals surface area contributed by atoms with Gasteiger partial charge in [-0.2, -0.15) is 26.3 Å². The topological polar surface area (TPSA) is 107 Å². The second-order valence-corrected chi connectivity index (χ2v) is 13.8. The number of anilines is 2. The number of hydrogen-bond acceptors (Lipinski definition) is 6. The number of pyridine rings is 1. The first kappa shape index (κ1) is 41.0. The smallest absolute Gasteiger partial charge is 0.354 e. The molecule has 16 heteroatoms. The van der Waals surface area contributed by atoms with E-state index in [-0.39, 0.29) is 29.6 Å². The number of aryl methyl sites for hydroxylation is 1. The molecule has 5 rings (SSSR count). The van der Waals surface area contributed by atoms with E-state index in [4.69, 9.17) is 0 Å². The predicted molar refractivity (Wildman–Crippen MR) is 187 cm³/mol.